The third-order valence-corrected chi connectivity index (χ3v) is 6.03. The number of hydrogen-bond acceptors (Lipinski definition) is 6. The molecule has 0 saturated carbocycles. The van der Waals surface area contributed by atoms with Gasteiger partial charge in [-0.05, 0) is 55.5 Å². The predicted molar refractivity (Wildman–Crippen MR) is 125 cm³/mol. The molecule has 0 saturated heterocycles. The van der Waals surface area contributed by atoms with Gasteiger partial charge in [-0.2, -0.15) is 0 Å². The zero-order valence-corrected chi connectivity index (χ0v) is 19.1. The third kappa shape index (κ3) is 5.15. The number of halogens is 1. The number of hydrogen-bond donors (Lipinski definition) is 1. The van der Waals surface area contributed by atoms with E-state index in [-0.39, 0.29) is 5.91 Å². The van der Waals surface area contributed by atoms with Gasteiger partial charge in [0.25, 0.3) is 0 Å². The zero-order chi connectivity index (χ0) is 22.5. The van der Waals surface area contributed by atoms with Crippen LogP contribution in [0.15, 0.2) is 76.5 Å². The van der Waals surface area contributed by atoms with E-state index < -0.39 is 5.25 Å². The maximum Gasteiger partial charge on any atom is 0.237 e. The molecule has 0 spiro atoms. The van der Waals surface area contributed by atoms with E-state index in [1.54, 1.807) is 37.6 Å². The van der Waals surface area contributed by atoms with E-state index in [0.717, 1.165) is 17.1 Å². The van der Waals surface area contributed by atoms with Gasteiger partial charge in [0.05, 0.1) is 25.2 Å². The number of furan rings is 1. The Labute approximate surface area is 194 Å². The van der Waals surface area contributed by atoms with Crippen molar-refractivity contribution in [3.8, 4) is 17.1 Å². The number of carbonyl (C=O) groups excluding carboxylic acids is 1. The molecule has 2 aromatic carbocycles. The first-order chi connectivity index (χ1) is 15.5. The van der Waals surface area contributed by atoms with Gasteiger partial charge in [-0.1, -0.05) is 35.5 Å². The number of rotatable bonds is 8. The second kappa shape index (κ2) is 9.93. The Morgan fingerprint density at radius 3 is 2.72 bits per heavy atom. The highest BCUT2D eigenvalue weighted by molar-refractivity contribution is 8.00. The topological polar surface area (TPSA) is 82.2 Å². The van der Waals surface area contributed by atoms with Crippen molar-refractivity contribution in [1.82, 2.24) is 14.8 Å². The second-order valence-electron chi connectivity index (χ2n) is 6.96. The van der Waals surface area contributed by atoms with Gasteiger partial charge in [-0.3, -0.25) is 9.36 Å². The fourth-order valence-corrected chi connectivity index (χ4v) is 4.02. The van der Waals surface area contributed by atoms with Gasteiger partial charge in [0.1, 0.15) is 11.5 Å². The molecule has 1 amide bonds. The number of benzene rings is 2. The van der Waals surface area contributed by atoms with E-state index in [0.29, 0.717) is 28.2 Å². The zero-order valence-electron chi connectivity index (χ0n) is 17.5. The van der Waals surface area contributed by atoms with Gasteiger partial charge in [0, 0.05) is 16.3 Å². The summed E-state index contributed by atoms with van der Waals surface area (Å²) in [5.74, 6) is 2.00. The molecule has 4 rings (SSSR count). The van der Waals surface area contributed by atoms with Gasteiger partial charge in [-0.25, -0.2) is 0 Å². The standard InChI is InChI=1S/C23H21ClN4O3S/c1-15(22(29)25-18-10-8-17(24)9-11-18)32-23-27-26-21(16-5-3-6-19(13-16)30-2)28(23)14-20-7-4-12-31-20/h3-13,15H,14H2,1-2H3,(H,25,29). The lowest BCUT2D eigenvalue weighted by Gasteiger charge is -2.13. The molecule has 164 valence electrons. The van der Waals surface area contributed by atoms with Crippen LogP contribution in [0, 0.1) is 0 Å². The van der Waals surface area contributed by atoms with E-state index in [2.05, 4.69) is 15.5 Å². The van der Waals surface area contributed by atoms with Crippen LogP contribution in [0.3, 0.4) is 0 Å². The Morgan fingerprint density at radius 1 is 1.19 bits per heavy atom. The Balaban J connectivity index is 1.59. The minimum atomic E-state index is -0.414. The summed E-state index contributed by atoms with van der Waals surface area (Å²) in [6, 6.07) is 18.3. The maximum absolute atomic E-state index is 12.7. The average Bonchev–Trinajstić information content (AvgIpc) is 3.46. The van der Waals surface area contributed by atoms with Gasteiger partial charge in [0.2, 0.25) is 5.91 Å². The van der Waals surface area contributed by atoms with Crippen molar-refractivity contribution in [2.45, 2.75) is 23.9 Å². The summed E-state index contributed by atoms with van der Waals surface area (Å²) in [5.41, 5.74) is 1.54. The number of anilines is 1. The Bertz CT molecular complexity index is 1190. The van der Waals surface area contributed by atoms with Gasteiger partial charge < -0.3 is 14.5 Å². The van der Waals surface area contributed by atoms with E-state index in [1.165, 1.54) is 11.8 Å². The van der Waals surface area contributed by atoms with Gasteiger partial charge in [0.15, 0.2) is 11.0 Å². The molecule has 0 aliphatic carbocycles. The summed E-state index contributed by atoms with van der Waals surface area (Å²) in [5, 5.41) is 12.5. The summed E-state index contributed by atoms with van der Waals surface area (Å²) in [6.07, 6.45) is 1.62. The average molecular weight is 469 g/mol. The predicted octanol–water partition coefficient (Wildman–Crippen LogP) is 5.37. The van der Waals surface area contributed by atoms with Crippen LogP contribution in [0.2, 0.25) is 5.02 Å². The Hall–Kier alpha value is -3.23. The quantitative estimate of drug-likeness (QED) is 0.350. The SMILES string of the molecule is COc1cccc(-c2nnc(SC(C)C(=O)Nc3ccc(Cl)cc3)n2Cc2ccco2)c1. The molecule has 0 fully saturated rings. The van der Waals surface area contributed by atoms with Crippen molar-refractivity contribution in [2.24, 2.45) is 0 Å². The second-order valence-corrected chi connectivity index (χ2v) is 8.70. The van der Waals surface area contributed by atoms with Crippen LogP contribution in [-0.4, -0.2) is 33.0 Å². The number of nitrogens with one attached hydrogen (secondary N) is 1. The molecule has 0 aliphatic heterocycles. The van der Waals surface area contributed by atoms with Crippen LogP contribution in [-0.2, 0) is 11.3 Å². The highest BCUT2D eigenvalue weighted by Gasteiger charge is 2.22. The van der Waals surface area contributed by atoms with Gasteiger partial charge >= 0.3 is 0 Å². The summed E-state index contributed by atoms with van der Waals surface area (Å²) >= 11 is 7.24. The van der Waals surface area contributed by atoms with Crippen molar-refractivity contribution in [2.75, 3.05) is 12.4 Å². The first kappa shape index (κ1) is 22.0. The summed E-state index contributed by atoms with van der Waals surface area (Å²) < 4.78 is 12.8. The van der Waals surface area contributed by atoms with Crippen molar-refractivity contribution >= 4 is 35.0 Å². The molecule has 32 heavy (non-hydrogen) atoms. The van der Waals surface area contributed by atoms with E-state index in [1.807, 2.05) is 47.9 Å². The van der Waals surface area contributed by atoms with E-state index in [9.17, 15) is 4.79 Å². The molecule has 7 nitrogen and oxygen atoms in total. The molecule has 9 heteroatoms. The molecular weight excluding hydrogens is 448 g/mol. The molecule has 4 aromatic rings. The van der Waals surface area contributed by atoms with Crippen LogP contribution >= 0.6 is 23.4 Å². The first-order valence-electron chi connectivity index (χ1n) is 9.86. The van der Waals surface area contributed by atoms with E-state index in [4.69, 9.17) is 20.8 Å². The highest BCUT2D eigenvalue weighted by atomic mass is 35.5. The number of amides is 1. The molecule has 1 N–H and O–H groups in total. The largest absolute Gasteiger partial charge is 0.497 e. The van der Waals surface area contributed by atoms with E-state index >= 15 is 0 Å². The minimum absolute atomic E-state index is 0.146. The van der Waals surface area contributed by atoms with Gasteiger partial charge in [-0.15, -0.1) is 10.2 Å². The lowest BCUT2D eigenvalue weighted by Crippen LogP contribution is -2.23. The maximum atomic E-state index is 12.7. The van der Waals surface area contributed by atoms with Crippen LogP contribution in [0.1, 0.15) is 12.7 Å². The third-order valence-electron chi connectivity index (χ3n) is 4.70. The lowest BCUT2D eigenvalue weighted by atomic mass is 10.2. The summed E-state index contributed by atoms with van der Waals surface area (Å²) in [6.45, 7) is 2.26. The lowest BCUT2D eigenvalue weighted by molar-refractivity contribution is -0.115. The van der Waals surface area contributed by atoms with Crippen LogP contribution in [0.5, 0.6) is 5.75 Å². The van der Waals surface area contributed by atoms with Crippen molar-refractivity contribution in [1.29, 1.82) is 0 Å². The Morgan fingerprint density at radius 2 is 2.00 bits per heavy atom. The molecule has 0 bridgehead atoms. The normalized spacial score (nSPS) is 11.8. The van der Waals surface area contributed by atoms with Crippen molar-refractivity contribution in [3.63, 3.8) is 0 Å². The number of thioether (sulfide) groups is 1. The number of methoxy groups -OCH3 is 1. The molecular formula is C23H21ClN4O3S. The smallest absolute Gasteiger partial charge is 0.237 e. The fourth-order valence-electron chi connectivity index (χ4n) is 3.04. The summed E-state index contributed by atoms with van der Waals surface area (Å²) in [4.78, 5) is 12.7. The molecule has 2 heterocycles. The molecule has 0 radical (unpaired) electrons. The monoisotopic (exact) mass is 468 g/mol. The molecule has 0 aliphatic rings. The summed E-state index contributed by atoms with van der Waals surface area (Å²) in [7, 11) is 1.62. The van der Waals surface area contributed by atoms with Crippen LogP contribution < -0.4 is 10.1 Å². The molecule has 2 aromatic heterocycles. The highest BCUT2D eigenvalue weighted by Crippen LogP contribution is 2.30. The first-order valence-corrected chi connectivity index (χ1v) is 11.1. The number of ether oxygens (including phenoxy) is 1. The number of nitrogens with zero attached hydrogens (tertiary/aromatic N) is 3. The number of carbonyl (C=O) groups is 1. The Kier molecular flexibility index (Phi) is 6.82. The van der Waals surface area contributed by atoms with Crippen molar-refractivity contribution < 1.29 is 13.9 Å². The fraction of sp³-hybridized carbons (Fsp3) is 0.174. The van der Waals surface area contributed by atoms with Crippen LogP contribution in [0.4, 0.5) is 5.69 Å². The van der Waals surface area contributed by atoms with Crippen molar-refractivity contribution in [3.05, 3.63) is 77.7 Å². The number of aromatic nitrogens is 3. The van der Waals surface area contributed by atoms with Crippen LogP contribution in [0.25, 0.3) is 11.4 Å². The minimum Gasteiger partial charge on any atom is -0.497 e. The molecule has 1 atom stereocenters. The molecule has 1 unspecified atom stereocenters.